The van der Waals surface area contributed by atoms with E-state index in [1.54, 1.807) is 6.07 Å². The number of piperidine rings is 1. The van der Waals surface area contributed by atoms with E-state index in [1.165, 1.54) is 36.9 Å². The Morgan fingerprint density at radius 2 is 2.03 bits per heavy atom. The zero-order valence-corrected chi connectivity index (χ0v) is 20.4. The number of nitrogens with zero attached hydrogens (tertiary/aromatic N) is 1. The molecule has 4 atom stereocenters. The second-order valence-corrected chi connectivity index (χ2v) is 11.5. The number of hydrogen-bond donors (Lipinski definition) is 1. The highest BCUT2D eigenvalue weighted by atomic mass is 16.5. The van der Waals surface area contributed by atoms with Gasteiger partial charge in [-0.15, -0.1) is 0 Å². The number of aromatic hydroxyl groups is 1. The van der Waals surface area contributed by atoms with Crippen LogP contribution in [0.25, 0.3) is 0 Å². The van der Waals surface area contributed by atoms with Gasteiger partial charge in [0.1, 0.15) is 5.75 Å². The Bertz CT molecular complexity index is 1140. The molecule has 2 aromatic rings. The molecule has 5 heteroatoms. The summed E-state index contributed by atoms with van der Waals surface area (Å²) in [5.74, 6) is 2.95. The molecule has 1 N–H and O–H groups in total. The van der Waals surface area contributed by atoms with Gasteiger partial charge in [0, 0.05) is 41.6 Å². The van der Waals surface area contributed by atoms with Gasteiger partial charge in [-0.25, -0.2) is 0 Å². The molecule has 1 spiro atoms. The number of hydrogen-bond acceptors (Lipinski definition) is 5. The molecule has 2 saturated carbocycles. The molecule has 0 aromatic heterocycles. The summed E-state index contributed by atoms with van der Waals surface area (Å²) < 4.78 is 12.7. The predicted molar refractivity (Wildman–Crippen MR) is 133 cm³/mol. The van der Waals surface area contributed by atoms with E-state index < -0.39 is 6.10 Å². The van der Waals surface area contributed by atoms with Crippen molar-refractivity contribution >= 4 is 5.78 Å². The Morgan fingerprint density at radius 1 is 1.17 bits per heavy atom. The van der Waals surface area contributed by atoms with Crippen molar-refractivity contribution in [3.05, 3.63) is 53.1 Å². The van der Waals surface area contributed by atoms with Crippen LogP contribution in [-0.4, -0.2) is 47.6 Å². The summed E-state index contributed by atoms with van der Waals surface area (Å²) in [6.07, 6.45) is 8.93. The van der Waals surface area contributed by atoms with E-state index in [1.807, 2.05) is 6.07 Å². The molecule has 7 rings (SSSR count). The average molecular weight is 474 g/mol. The van der Waals surface area contributed by atoms with Gasteiger partial charge < -0.3 is 14.6 Å². The smallest absolute Gasteiger partial charge is 0.174 e. The zero-order chi connectivity index (χ0) is 23.6. The lowest BCUT2D eigenvalue weighted by atomic mass is 9.51. The van der Waals surface area contributed by atoms with Crippen molar-refractivity contribution < 1.29 is 19.4 Å². The average Bonchev–Trinajstić information content (AvgIpc) is 3.19. The lowest BCUT2D eigenvalue weighted by Crippen LogP contribution is -2.66. The molecule has 2 aromatic carbocycles. The van der Waals surface area contributed by atoms with Gasteiger partial charge in [0.05, 0.1) is 6.61 Å². The minimum Gasteiger partial charge on any atom is -0.504 e. The summed E-state index contributed by atoms with van der Waals surface area (Å²) in [4.78, 5) is 15.9. The number of benzene rings is 2. The number of aryl methyl sites for hydroxylation is 1. The van der Waals surface area contributed by atoms with E-state index in [9.17, 15) is 9.90 Å². The molecule has 2 bridgehead atoms. The normalized spacial score (nSPS) is 31.0. The largest absolute Gasteiger partial charge is 0.504 e. The minimum atomic E-state index is -0.442. The maximum absolute atomic E-state index is 13.1. The molecule has 3 fully saturated rings. The first-order valence-electron chi connectivity index (χ1n) is 13.6. The van der Waals surface area contributed by atoms with E-state index in [4.69, 9.17) is 9.47 Å². The van der Waals surface area contributed by atoms with Gasteiger partial charge in [-0.1, -0.05) is 36.8 Å². The van der Waals surface area contributed by atoms with Crippen LogP contribution in [-0.2, 0) is 23.1 Å². The summed E-state index contributed by atoms with van der Waals surface area (Å²) in [6, 6.07) is 12.7. The summed E-state index contributed by atoms with van der Waals surface area (Å²) >= 11 is 0. The van der Waals surface area contributed by atoms with Crippen molar-refractivity contribution in [2.24, 2.45) is 11.8 Å². The minimum absolute atomic E-state index is 0.132. The van der Waals surface area contributed by atoms with Crippen molar-refractivity contribution in [2.45, 2.75) is 75.3 Å². The van der Waals surface area contributed by atoms with Gasteiger partial charge >= 0.3 is 0 Å². The Morgan fingerprint density at radius 3 is 2.83 bits per heavy atom. The van der Waals surface area contributed by atoms with E-state index >= 15 is 0 Å². The first-order chi connectivity index (χ1) is 17.1. The molecule has 0 unspecified atom stereocenters. The number of ether oxygens (including phenoxy) is 2. The first kappa shape index (κ1) is 21.7. The molecule has 1 saturated heterocycles. The summed E-state index contributed by atoms with van der Waals surface area (Å²) in [5, 5.41) is 11.0. The van der Waals surface area contributed by atoms with Crippen LogP contribution in [0.1, 0.15) is 61.6 Å². The summed E-state index contributed by atoms with van der Waals surface area (Å²) in [7, 11) is 0. The van der Waals surface area contributed by atoms with Crippen molar-refractivity contribution in [3.8, 4) is 17.2 Å². The van der Waals surface area contributed by atoms with Crippen molar-refractivity contribution in [1.82, 2.24) is 4.90 Å². The van der Waals surface area contributed by atoms with Crippen LogP contribution < -0.4 is 9.47 Å². The van der Waals surface area contributed by atoms with Crippen LogP contribution in [0.5, 0.6) is 17.2 Å². The molecular formula is C30H35NO4. The Labute approximate surface area is 207 Å². The number of phenolic OH excluding ortho intramolecular Hbond substituents is 1. The number of likely N-dealkylation sites (tertiary alicyclic amines) is 1. The fourth-order valence-electron chi connectivity index (χ4n) is 7.92. The molecule has 5 nitrogen and oxygen atoms in total. The molecule has 2 heterocycles. The van der Waals surface area contributed by atoms with E-state index in [2.05, 4.69) is 29.2 Å². The number of ketones is 1. The van der Waals surface area contributed by atoms with Gasteiger partial charge in [-0.05, 0) is 68.9 Å². The van der Waals surface area contributed by atoms with Gasteiger partial charge in [-0.3, -0.25) is 9.69 Å². The summed E-state index contributed by atoms with van der Waals surface area (Å²) in [5.41, 5.74) is 3.32. The highest BCUT2D eigenvalue weighted by Gasteiger charge is 2.66. The number of rotatable bonds is 7. The number of phenols is 1. The molecule has 184 valence electrons. The lowest BCUT2D eigenvalue weighted by molar-refractivity contribution is -0.139. The van der Waals surface area contributed by atoms with Crippen LogP contribution in [0.3, 0.4) is 0 Å². The zero-order valence-electron chi connectivity index (χ0n) is 20.4. The Balaban J connectivity index is 1.22. The maximum Gasteiger partial charge on any atom is 0.174 e. The van der Waals surface area contributed by atoms with E-state index in [0.717, 1.165) is 55.9 Å². The van der Waals surface area contributed by atoms with Crippen LogP contribution in [0.2, 0.25) is 0 Å². The van der Waals surface area contributed by atoms with Crippen molar-refractivity contribution in [1.29, 1.82) is 0 Å². The Hall–Kier alpha value is -2.53. The second kappa shape index (κ2) is 8.26. The number of carbonyl (C=O) groups excluding carboxylic acids is 1. The molecule has 2 aliphatic heterocycles. The lowest BCUT2D eigenvalue weighted by Gasteiger charge is -2.58. The number of carbonyl (C=O) groups is 1. The van der Waals surface area contributed by atoms with Crippen LogP contribution in [0.15, 0.2) is 36.4 Å². The predicted octanol–water partition coefficient (Wildman–Crippen LogP) is 4.81. The third-order valence-corrected chi connectivity index (χ3v) is 9.74. The van der Waals surface area contributed by atoms with E-state index in [-0.39, 0.29) is 16.9 Å². The van der Waals surface area contributed by atoms with Gasteiger partial charge in [0.25, 0.3) is 0 Å². The number of Topliss-reactive ketones (excluding diaryl/α,β-unsaturated/α-hetero) is 1. The molecule has 0 amide bonds. The second-order valence-electron chi connectivity index (χ2n) is 11.5. The fourth-order valence-corrected chi connectivity index (χ4v) is 7.92. The Kier molecular flexibility index (Phi) is 5.13. The van der Waals surface area contributed by atoms with E-state index in [0.29, 0.717) is 30.7 Å². The highest BCUT2D eigenvalue weighted by molar-refractivity contribution is 5.89. The first-order valence-corrected chi connectivity index (χ1v) is 13.6. The molecule has 0 radical (unpaired) electrons. The van der Waals surface area contributed by atoms with Crippen molar-refractivity contribution in [3.63, 3.8) is 0 Å². The molecule has 35 heavy (non-hydrogen) atoms. The van der Waals surface area contributed by atoms with Gasteiger partial charge in [0.15, 0.2) is 23.4 Å². The molecule has 3 aliphatic carbocycles. The van der Waals surface area contributed by atoms with Gasteiger partial charge in [0.2, 0.25) is 0 Å². The third kappa shape index (κ3) is 3.27. The third-order valence-electron chi connectivity index (χ3n) is 9.74. The molecular weight excluding hydrogens is 438 g/mol. The monoisotopic (exact) mass is 473 g/mol. The van der Waals surface area contributed by atoms with Gasteiger partial charge in [-0.2, -0.15) is 0 Å². The van der Waals surface area contributed by atoms with Crippen LogP contribution in [0.4, 0.5) is 0 Å². The fraction of sp³-hybridized carbons (Fsp3) is 0.567. The molecule has 5 aliphatic rings. The van der Waals surface area contributed by atoms with Crippen LogP contribution >= 0.6 is 0 Å². The summed E-state index contributed by atoms with van der Waals surface area (Å²) in [6.45, 7) is 2.81. The highest BCUT2D eigenvalue weighted by Crippen LogP contribution is 2.64. The SMILES string of the molecule is O=C1CC[C@H]2[C@H]3Cc4c(OCCCc5ccccc5)cc(O)c5c4[C@@]2(CCN3CC2CCC2)[C@H]1O5. The standard InChI is InChI=1S/C30H35NO4/c32-24-12-11-22-23-16-21-26(34-15-5-10-19-6-2-1-3-7-19)17-25(33)28-27(21)30(22,29(24)35-28)13-14-31(23)18-20-8-4-9-20/h1-3,6-7,17,20,22-23,29,33H,4-5,8-16,18H2/t22-,23+,29-,30-/m0/s1. The maximum atomic E-state index is 13.1. The van der Waals surface area contributed by atoms with Crippen molar-refractivity contribution in [2.75, 3.05) is 19.7 Å². The van der Waals surface area contributed by atoms with Crippen LogP contribution in [0, 0.1) is 11.8 Å². The topological polar surface area (TPSA) is 59.0 Å². The quantitative estimate of drug-likeness (QED) is 0.585.